The van der Waals surface area contributed by atoms with Crippen LogP contribution in [0.4, 0.5) is 5.82 Å². The fourth-order valence-corrected chi connectivity index (χ4v) is 2.68. The molecule has 0 bridgehead atoms. The lowest BCUT2D eigenvalue weighted by Crippen LogP contribution is -2.33. The van der Waals surface area contributed by atoms with E-state index in [2.05, 4.69) is 31.1 Å². The molecule has 6 heteroatoms. The highest BCUT2D eigenvalue weighted by molar-refractivity contribution is 6.29. The third-order valence-corrected chi connectivity index (χ3v) is 3.74. The zero-order valence-corrected chi connectivity index (χ0v) is 11.6. The molecule has 0 atom stereocenters. The van der Waals surface area contributed by atoms with E-state index in [-0.39, 0.29) is 0 Å². The smallest absolute Gasteiger partial charge is 0.149 e. The SMILES string of the molecule is Cc1cc(C2CCN(c3cncc(Cl)n3)CC2)n[nH]1. The van der Waals surface area contributed by atoms with Crippen LogP contribution in [0.1, 0.15) is 30.1 Å². The number of H-pyrrole nitrogens is 1. The van der Waals surface area contributed by atoms with Gasteiger partial charge in [-0.2, -0.15) is 5.10 Å². The van der Waals surface area contributed by atoms with Crippen molar-refractivity contribution in [1.29, 1.82) is 0 Å². The summed E-state index contributed by atoms with van der Waals surface area (Å²) in [7, 11) is 0. The fourth-order valence-electron chi connectivity index (χ4n) is 2.54. The number of piperidine rings is 1. The average Bonchev–Trinajstić information content (AvgIpc) is 2.86. The Kier molecular flexibility index (Phi) is 3.38. The fraction of sp³-hybridized carbons (Fsp3) is 0.462. The number of nitrogens with one attached hydrogen (secondary N) is 1. The van der Waals surface area contributed by atoms with Crippen molar-refractivity contribution in [2.24, 2.45) is 0 Å². The Balaban J connectivity index is 1.66. The molecule has 100 valence electrons. The summed E-state index contributed by atoms with van der Waals surface area (Å²) in [5.74, 6) is 1.40. The molecule has 2 aromatic heterocycles. The normalized spacial score (nSPS) is 16.8. The number of halogens is 1. The second-order valence-electron chi connectivity index (χ2n) is 4.94. The maximum absolute atomic E-state index is 5.88. The molecule has 1 N–H and O–H groups in total. The van der Waals surface area contributed by atoms with Gasteiger partial charge in [0.25, 0.3) is 0 Å². The van der Waals surface area contributed by atoms with Gasteiger partial charge in [-0.25, -0.2) is 4.98 Å². The predicted octanol–water partition coefficient (Wildman–Crippen LogP) is 2.55. The molecule has 2 aromatic rings. The monoisotopic (exact) mass is 277 g/mol. The summed E-state index contributed by atoms with van der Waals surface area (Å²) in [6, 6.07) is 2.14. The molecule has 5 nitrogen and oxygen atoms in total. The van der Waals surface area contributed by atoms with Crippen molar-refractivity contribution >= 4 is 17.4 Å². The summed E-state index contributed by atoms with van der Waals surface area (Å²) in [4.78, 5) is 10.6. The molecule has 3 rings (SSSR count). The molecular weight excluding hydrogens is 262 g/mol. The van der Waals surface area contributed by atoms with Crippen molar-refractivity contribution in [3.05, 3.63) is 35.0 Å². The number of aryl methyl sites for hydroxylation is 1. The van der Waals surface area contributed by atoms with E-state index in [0.717, 1.165) is 37.4 Å². The average molecular weight is 278 g/mol. The van der Waals surface area contributed by atoms with E-state index in [1.165, 1.54) is 5.69 Å². The highest BCUT2D eigenvalue weighted by Crippen LogP contribution is 2.29. The van der Waals surface area contributed by atoms with Gasteiger partial charge in [-0.05, 0) is 25.8 Å². The summed E-state index contributed by atoms with van der Waals surface area (Å²) >= 11 is 5.88. The third-order valence-electron chi connectivity index (χ3n) is 3.56. The first kappa shape index (κ1) is 12.4. The zero-order valence-electron chi connectivity index (χ0n) is 10.8. The lowest BCUT2D eigenvalue weighted by molar-refractivity contribution is 0.493. The molecule has 0 spiro atoms. The van der Waals surface area contributed by atoms with Gasteiger partial charge in [0.05, 0.1) is 18.1 Å². The number of nitrogens with zero attached hydrogens (tertiary/aromatic N) is 4. The minimum absolute atomic E-state index is 0.447. The summed E-state index contributed by atoms with van der Waals surface area (Å²) in [5, 5.41) is 7.82. The van der Waals surface area contributed by atoms with Gasteiger partial charge >= 0.3 is 0 Å². The zero-order chi connectivity index (χ0) is 13.2. The number of anilines is 1. The van der Waals surface area contributed by atoms with Crippen molar-refractivity contribution in [1.82, 2.24) is 20.2 Å². The standard InChI is InChI=1S/C13H16ClN5/c1-9-6-11(18-17-9)10-2-4-19(5-3-10)13-8-15-7-12(14)16-13/h6-8,10H,2-5H2,1H3,(H,17,18). The van der Waals surface area contributed by atoms with Crippen molar-refractivity contribution in [2.45, 2.75) is 25.7 Å². The van der Waals surface area contributed by atoms with Gasteiger partial charge in [-0.3, -0.25) is 10.1 Å². The Morgan fingerprint density at radius 3 is 2.74 bits per heavy atom. The van der Waals surface area contributed by atoms with Crippen molar-refractivity contribution in [3.8, 4) is 0 Å². The highest BCUT2D eigenvalue weighted by atomic mass is 35.5. The van der Waals surface area contributed by atoms with E-state index < -0.39 is 0 Å². The molecule has 1 saturated heterocycles. The summed E-state index contributed by atoms with van der Waals surface area (Å²) in [5.41, 5.74) is 2.30. The lowest BCUT2D eigenvalue weighted by Gasteiger charge is -2.31. The van der Waals surface area contributed by atoms with E-state index in [4.69, 9.17) is 11.6 Å². The molecule has 1 aliphatic heterocycles. The highest BCUT2D eigenvalue weighted by Gasteiger charge is 2.23. The third kappa shape index (κ3) is 2.71. The van der Waals surface area contributed by atoms with Gasteiger partial charge in [0, 0.05) is 24.7 Å². The van der Waals surface area contributed by atoms with Crippen LogP contribution >= 0.6 is 11.6 Å². The first-order valence-corrected chi connectivity index (χ1v) is 6.84. The summed E-state index contributed by atoms with van der Waals surface area (Å²) < 4.78 is 0. The molecule has 0 unspecified atom stereocenters. The molecule has 0 amide bonds. The van der Waals surface area contributed by atoms with Crippen LogP contribution in [0.15, 0.2) is 18.5 Å². The number of aromatic nitrogens is 4. The van der Waals surface area contributed by atoms with Crippen LogP contribution in [-0.4, -0.2) is 33.3 Å². The second kappa shape index (κ2) is 5.17. The predicted molar refractivity (Wildman–Crippen MR) is 74.6 cm³/mol. The van der Waals surface area contributed by atoms with E-state index in [9.17, 15) is 0 Å². The molecule has 1 aliphatic rings. The van der Waals surface area contributed by atoms with Crippen LogP contribution in [0, 0.1) is 6.92 Å². The Labute approximate surface area is 117 Å². The number of hydrogen-bond acceptors (Lipinski definition) is 4. The topological polar surface area (TPSA) is 57.7 Å². The van der Waals surface area contributed by atoms with Crippen LogP contribution < -0.4 is 4.90 Å². The minimum atomic E-state index is 0.447. The van der Waals surface area contributed by atoms with Gasteiger partial charge in [-0.15, -0.1) is 0 Å². The van der Waals surface area contributed by atoms with Crippen LogP contribution in [-0.2, 0) is 0 Å². The molecule has 1 fully saturated rings. The Bertz CT molecular complexity index is 560. The number of aromatic amines is 1. The van der Waals surface area contributed by atoms with Crippen LogP contribution in [0.3, 0.4) is 0 Å². The van der Waals surface area contributed by atoms with E-state index >= 15 is 0 Å². The van der Waals surface area contributed by atoms with Crippen LogP contribution in [0.25, 0.3) is 0 Å². The molecular formula is C13H16ClN5. The van der Waals surface area contributed by atoms with Gasteiger partial charge < -0.3 is 4.90 Å². The molecule has 3 heterocycles. The van der Waals surface area contributed by atoms with Gasteiger partial charge in [-0.1, -0.05) is 11.6 Å². The first-order chi connectivity index (χ1) is 9.22. The quantitative estimate of drug-likeness (QED) is 0.916. The maximum Gasteiger partial charge on any atom is 0.149 e. The molecule has 0 radical (unpaired) electrons. The van der Waals surface area contributed by atoms with Gasteiger partial charge in [0.1, 0.15) is 11.0 Å². The Hall–Kier alpha value is -1.62. The first-order valence-electron chi connectivity index (χ1n) is 6.47. The van der Waals surface area contributed by atoms with Crippen LogP contribution in [0.2, 0.25) is 5.15 Å². The number of hydrogen-bond donors (Lipinski definition) is 1. The Morgan fingerprint density at radius 1 is 1.32 bits per heavy atom. The van der Waals surface area contributed by atoms with Crippen molar-refractivity contribution in [3.63, 3.8) is 0 Å². The molecule has 0 aromatic carbocycles. The van der Waals surface area contributed by atoms with E-state index in [1.54, 1.807) is 12.4 Å². The molecule has 0 saturated carbocycles. The summed E-state index contributed by atoms with van der Waals surface area (Å²) in [6.07, 6.45) is 5.49. The van der Waals surface area contributed by atoms with Gasteiger partial charge in [0.15, 0.2) is 0 Å². The minimum Gasteiger partial charge on any atom is -0.355 e. The summed E-state index contributed by atoms with van der Waals surface area (Å²) in [6.45, 7) is 3.96. The van der Waals surface area contributed by atoms with E-state index in [0.29, 0.717) is 11.1 Å². The molecule has 19 heavy (non-hydrogen) atoms. The van der Waals surface area contributed by atoms with Crippen molar-refractivity contribution in [2.75, 3.05) is 18.0 Å². The largest absolute Gasteiger partial charge is 0.355 e. The molecule has 0 aliphatic carbocycles. The second-order valence-corrected chi connectivity index (χ2v) is 5.32. The van der Waals surface area contributed by atoms with Gasteiger partial charge in [0.2, 0.25) is 0 Å². The Morgan fingerprint density at radius 2 is 2.11 bits per heavy atom. The maximum atomic E-state index is 5.88. The van der Waals surface area contributed by atoms with E-state index in [1.807, 2.05) is 6.92 Å². The van der Waals surface area contributed by atoms with Crippen molar-refractivity contribution < 1.29 is 0 Å². The van der Waals surface area contributed by atoms with Crippen LogP contribution in [0.5, 0.6) is 0 Å². The lowest BCUT2D eigenvalue weighted by atomic mass is 9.93. The number of rotatable bonds is 2.